The van der Waals surface area contributed by atoms with Crippen molar-refractivity contribution >= 4 is 71.8 Å². The van der Waals surface area contributed by atoms with Gasteiger partial charge >= 0.3 is 0 Å². The number of aliphatic imine (C=N–C) groups is 3. The van der Waals surface area contributed by atoms with E-state index >= 15 is 0 Å². The van der Waals surface area contributed by atoms with Crippen LogP contribution in [0.5, 0.6) is 0 Å². The summed E-state index contributed by atoms with van der Waals surface area (Å²) < 4.78 is 9.01. The van der Waals surface area contributed by atoms with Crippen molar-refractivity contribution in [1.82, 2.24) is 0 Å². The highest BCUT2D eigenvalue weighted by Crippen LogP contribution is 2.38. The van der Waals surface area contributed by atoms with Gasteiger partial charge in [-0.15, -0.1) is 11.3 Å². The molecule has 45 heavy (non-hydrogen) atoms. The van der Waals surface area contributed by atoms with E-state index in [9.17, 15) is 0 Å². The zero-order chi connectivity index (χ0) is 30.2. The van der Waals surface area contributed by atoms with Crippen molar-refractivity contribution in [3.63, 3.8) is 0 Å². The van der Waals surface area contributed by atoms with Gasteiger partial charge in [0.15, 0.2) is 11.7 Å². The van der Waals surface area contributed by atoms with Crippen LogP contribution in [0.3, 0.4) is 0 Å². The molecule has 0 saturated heterocycles. The Morgan fingerprint density at radius 1 is 0.556 bits per heavy atom. The van der Waals surface area contributed by atoms with Gasteiger partial charge in [0.25, 0.3) is 0 Å². The Hall–Kier alpha value is -5.65. The number of nitrogens with zero attached hydrogens (tertiary/aromatic N) is 3. The van der Waals surface area contributed by atoms with Gasteiger partial charge in [0.2, 0.25) is 0 Å². The Balaban J connectivity index is 1.21. The Bertz CT molecular complexity index is 2420. The number of rotatable bonds is 5. The molecule has 2 aromatic heterocycles. The number of benzene rings is 6. The molecule has 0 amide bonds. The third-order valence-electron chi connectivity index (χ3n) is 8.09. The van der Waals surface area contributed by atoms with Gasteiger partial charge in [-0.3, -0.25) is 4.99 Å². The highest BCUT2D eigenvalue weighted by atomic mass is 32.1. The number of thiophene rings is 1. The number of fused-ring (bicyclic) bond motifs is 6. The van der Waals surface area contributed by atoms with Crippen LogP contribution in [0.25, 0.3) is 53.2 Å². The summed E-state index contributed by atoms with van der Waals surface area (Å²) >= 11 is 1.84. The maximum absolute atomic E-state index is 6.39. The number of hydrogen-bond acceptors (Lipinski definition) is 3. The van der Waals surface area contributed by atoms with E-state index in [0.717, 1.165) is 44.2 Å². The molecule has 0 N–H and O–H groups in total. The predicted molar refractivity (Wildman–Crippen MR) is 191 cm³/mol. The van der Waals surface area contributed by atoms with Gasteiger partial charge in [-0.05, 0) is 65.9 Å². The normalized spacial score (nSPS) is 12.4. The fourth-order valence-electron chi connectivity index (χ4n) is 5.82. The van der Waals surface area contributed by atoms with Crippen LogP contribution in [0.15, 0.2) is 159 Å². The largest absolute Gasteiger partial charge is 0.456 e. The Kier molecular flexibility index (Phi) is 6.86. The summed E-state index contributed by atoms with van der Waals surface area (Å²) in [7, 11) is 0. The van der Waals surface area contributed by atoms with Crippen molar-refractivity contribution in [2.24, 2.45) is 15.0 Å². The lowest BCUT2D eigenvalue weighted by molar-refractivity contribution is 0.669. The first-order valence-electron chi connectivity index (χ1n) is 14.8. The molecule has 6 aromatic carbocycles. The second kappa shape index (κ2) is 11.5. The first-order valence-corrected chi connectivity index (χ1v) is 15.6. The van der Waals surface area contributed by atoms with E-state index in [0.29, 0.717) is 18.2 Å². The molecule has 0 unspecified atom stereocenters. The average molecular weight is 598 g/mol. The van der Waals surface area contributed by atoms with Gasteiger partial charge < -0.3 is 4.42 Å². The minimum atomic E-state index is 0.490. The molecule has 0 saturated carbocycles. The van der Waals surface area contributed by atoms with Crippen molar-refractivity contribution in [3.8, 4) is 11.1 Å². The quantitative estimate of drug-likeness (QED) is 0.144. The Labute approximate surface area is 264 Å². The van der Waals surface area contributed by atoms with Crippen molar-refractivity contribution in [1.29, 1.82) is 0 Å². The fraction of sp³-hybridized carbons (Fsp3) is 0.0250. The molecule has 0 spiro atoms. The number of amidine groups is 2. The second-order valence-electron chi connectivity index (χ2n) is 10.9. The summed E-state index contributed by atoms with van der Waals surface area (Å²) in [5, 5.41) is 4.72. The summed E-state index contributed by atoms with van der Waals surface area (Å²) in [5.41, 5.74) is 6.81. The average Bonchev–Trinajstić information content (AvgIpc) is 3.66. The van der Waals surface area contributed by atoms with Gasteiger partial charge in [-0.2, -0.15) is 0 Å². The van der Waals surface area contributed by atoms with Gasteiger partial charge in [0.05, 0.1) is 6.54 Å². The highest BCUT2D eigenvalue weighted by Gasteiger charge is 2.14. The molecule has 0 aliphatic carbocycles. The lowest BCUT2D eigenvalue weighted by atomic mass is 10.0. The fourth-order valence-corrected chi connectivity index (χ4v) is 6.91. The monoisotopic (exact) mass is 597 g/mol. The van der Waals surface area contributed by atoms with E-state index in [-0.39, 0.29) is 0 Å². The summed E-state index contributed by atoms with van der Waals surface area (Å²) in [6.07, 6.45) is 0. The van der Waals surface area contributed by atoms with E-state index in [1.807, 2.05) is 65.9 Å². The molecule has 2 heterocycles. The van der Waals surface area contributed by atoms with Crippen molar-refractivity contribution in [2.45, 2.75) is 6.54 Å². The Morgan fingerprint density at radius 3 is 2.09 bits per heavy atom. The minimum absolute atomic E-state index is 0.490. The summed E-state index contributed by atoms with van der Waals surface area (Å²) in [6, 6.07) is 48.0. The third kappa shape index (κ3) is 5.13. The molecule has 4 nitrogen and oxygen atoms in total. The van der Waals surface area contributed by atoms with Crippen LogP contribution in [0.1, 0.15) is 16.7 Å². The first kappa shape index (κ1) is 26.9. The lowest BCUT2D eigenvalue weighted by Crippen LogP contribution is -2.05. The molecule has 0 radical (unpaired) electrons. The van der Waals surface area contributed by atoms with Crippen LogP contribution in [-0.4, -0.2) is 18.4 Å². The van der Waals surface area contributed by atoms with E-state index in [4.69, 9.17) is 14.4 Å². The first-order chi connectivity index (χ1) is 22.2. The van der Waals surface area contributed by atoms with Gasteiger partial charge in [0.1, 0.15) is 11.2 Å². The van der Waals surface area contributed by atoms with Crippen molar-refractivity contribution < 1.29 is 4.42 Å². The molecule has 214 valence electrons. The summed E-state index contributed by atoms with van der Waals surface area (Å²) in [5.74, 6) is 1.09. The van der Waals surface area contributed by atoms with E-state index < -0.39 is 0 Å². The lowest BCUT2D eigenvalue weighted by Gasteiger charge is -2.06. The smallest absolute Gasteiger partial charge is 0.161 e. The van der Waals surface area contributed by atoms with Crippen LogP contribution in [-0.2, 0) is 6.54 Å². The highest BCUT2D eigenvalue weighted by molar-refractivity contribution is 7.25. The van der Waals surface area contributed by atoms with E-state index in [1.165, 1.54) is 25.7 Å². The van der Waals surface area contributed by atoms with Crippen LogP contribution >= 0.6 is 11.3 Å². The molecule has 0 fully saturated rings. The van der Waals surface area contributed by atoms with Crippen molar-refractivity contribution in [3.05, 3.63) is 156 Å². The van der Waals surface area contributed by atoms with E-state index in [2.05, 4.69) is 96.6 Å². The molecule has 8 rings (SSSR count). The van der Waals surface area contributed by atoms with E-state index in [1.54, 1.807) is 0 Å². The van der Waals surface area contributed by atoms with Crippen LogP contribution in [0, 0.1) is 0 Å². The molecule has 5 heteroatoms. The second-order valence-corrected chi connectivity index (χ2v) is 12.0. The summed E-state index contributed by atoms with van der Waals surface area (Å²) in [4.78, 5) is 14.1. The van der Waals surface area contributed by atoms with Crippen molar-refractivity contribution in [2.75, 3.05) is 0 Å². The minimum Gasteiger partial charge on any atom is -0.456 e. The van der Waals surface area contributed by atoms with Gasteiger partial charge in [-0.25, -0.2) is 9.98 Å². The van der Waals surface area contributed by atoms with Crippen LogP contribution in [0.4, 0.5) is 0 Å². The molecular formula is C40H27N3OS. The summed E-state index contributed by atoms with van der Waals surface area (Å²) in [6.45, 7) is 4.28. The maximum Gasteiger partial charge on any atom is 0.161 e. The van der Waals surface area contributed by atoms with Gasteiger partial charge in [-0.1, -0.05) is 97.1 Å². The molecule has 0 aliphatic rings. The predicted octanol–water partition coefficient (Wildman–Crippen LogP) is 10.7. The number of furan rings is 1. The zero-order valence-electron chi connectivity index (χ0n) is 24.4. The molecule has 8 aromatic rings. The van der Waals surface area contributed by atoms with Gasteiger partial charge in [0, 0.05) is 42.1 Å². The standard InChI is InChI=1S/C40H27N3OS/c1-41-39(27-12-6-3-7-13-27)43-40(42-25-26-10-4-2-5-11-26)30-16-19-31-33-22-28(17-20-35(33)44-36(31)24-30)29-18-21-38-34(23-29)32-14-8-9-15-37(32)45-38/h2-24H,1,25H2/b42-40-,43-39-. The topological polar surface area (TPSA) is 50.2 Å². The molecule has 0 aliphatic heterocycles. The zero-order valence-corrected chi connectivity index (χ0v) is 25.2. The third-order valence-corrected chi connectivity index (χ3v) is 9.24. The number of hydrogen-bond donors (Lipinski definition) is 0. The molecule has 0 bridgehead atoms. The van der Waals surface area contributed by atoms with Crippen LogP contribution in [0.2, 0.25) is 0 Å². The molecule has 0 atom stereocenters. The maximum atomic E-state index is 6.39. The SMILES string of the molecule is C=N/C(=N\C(=N/Cc1ccccc1)c1ccc2c(c1)oc1ccc(-c3ccc4sc5ccccc5c4c3)cc12)c1ccccc1. The molecular weight excluding hydrogens is 571 g/mol. The van der Waals surface area contributed by atoms with Crippen LogP contribution < -0.4 is 0 Å². The Morgan fingerprint density at radius 2 is 1.27 bits per heavy atom.